The van der Waals surface area contributed by atoms with Gasteiger partial charge in [-0.2, -0.15) is 0 Å². The molecule has 0 bridgehead atoms. The van der Waals surface area contributed by atoms with Gasteiger partial charge in [-0.15, -0.1) is 0 Å². The van der Waals surface area contributed by atoms with Crippen molar-refractivity contribution in [2.24, 2.45) is 0 Å². The van der Waals surface area contributed by atoms with E-state index in [1.165, 1.54) is 30.7 Å². The Morgan fingerprint density at radius 3 is 2.50 bits per heavy atom. The minimum Gasteiger partial charge on any atom is -0.289 e. The van der Waals surface area contributed by atoms with E-state index in [0.717, 1.165) is 5.56 Å². The molecule has 1 aliphatic heterocycles. The van der Waals surface area contributed by atoms with Crippen molar-refractivity contribution in [3.63, 3.8) is 0 Å². The van der Waals surface area contributed by atoms with Gasteiger partial charge in [-0.3, -0.25) is 14.4 Å². The van der Waals surface area contributed by atoms with Crippen LogP contribution in [0.25, 0.3) is 0 Å². The third-order valence-electron chi connectivity index (χ3n) is 3.18. The highest BCUT2D eigenvalue weighted by molar-refractivity contribution is 6.21. The molecule has 0 N–H and O–H groups in total. The van der Waals surface area contributed by atoms with E-state index >= 15 is 0 Å². The molecule has 0 saturated carbocycles. The number of hydrogen-bond donors (Lipinski definition) is 0. The molecule has 1 aromatic rings. The summed E-state index contributed by atoms with van der Waals surface area (Å²) in [6.07, 6.45) is 10.7. The van der Waals surface area contributed by atoms with Gasteiger partial charge >= 0.3 is 0 Å². The number of hydroxylamine groups is 2. The van der Waals surface area contributed by atoms with Crippen LogP contribution in [0, 0.1) is 0 Å². The second kappa shape index (κ2) is 4.82. The Morgan fingerprint density at radius 2 is 1.80 bits per heavy atom. The minimum atomic E-state index is -0.344. The fourth-order valence-corrected chi connectivity index (χ4v) is 2.28. The van der Waals surface area contributed by atoms with Crippen molar-refractivity contribution < 1.29 is 14.4 Å². The van der Waals surface area contributed by atoms with Crippen molar-refractivity contribution in [1.29, 1.82) is 0 Å². The molecule has 1 aromatic heterocycles. The van der Waals surface area contributed by atoms with Crippen LogP contribution in [-0.4, -0.2) is 33.7 Å². The van der Waals surface area contributed by atoms with Gasteiger partial charge in [0.05, 0.1) is 12.7 Å². The molecule has 3 rings (SSSR count). The monoisotopic (exact) mass is 269 g/mol. The van der Waals surface area contributed by atoms with Gasteiger partial charge in [-0.05, 0) is 12.2 Å². The Bertz CT molecular complexity index is 662. The van der Waals surface area contributed by atoms with E-state index in [1.807, 2.05) is 0 Å². The summed E-state index contributed by atoms with van der Waals surface area (Å²) in [5.41, 5.74) is 1.36. The minimum absolute atomic E-state index is 0.208. The molecule has 0 radical (unpaired) electrons. The van der Waals surface area contributed by atoms with Crippen LogP contribution in [-0.2, 0) is 14.4 Å². The molecule has 1 aliphatic carbocycles. The molecule has 1 unspecified atom stereocenters. The first-order valence-electron chi connectivity index (χ1n) is 6.00. The summed E-state index contributed by atoms with van der Waals surface area (Å²) < 4.78 is 0. The van der Waals surface area contributed by atoms with Crippen molar-refractivity contribution in [3.05, 3.63) is 59.9 Å². The molecular weight excluding hydrogens is 258 g/mol. The molecule has 2 aliphatic rings. The fraction of sp³-hybridized carbons (Fsp3) is 0.143. The lowest BCUT2D eigenvalue weighted by atomic mass is 9.93. The van der Waals surface area contributed by atoms with Crippen LogP contribution in [0.5, 0.6) is 0 Å². The molecule has 100 valence electrons. The molecular formula is C14H11N3O3. The first-order valence-corrected chi connectivity index (χ1v) is 6.00. The third kappa shape index (κ3) is 1.86. The lowest BCUT2D eigenvalue weighted by molar-refractivity contribution is -0.141. The van der Waals surface area contributed by atoms with Gasteiger partial charge in [-0.25, -0.2) is 15.0 Å². The summed E-state index contributed by atoms with van der Waals surface area (Å²) in [6.45, 7) is 0. The highest BCUT2D eigenvalue weighted by Gasteiger charge is 2.34. The largest absolute Gasteiger partial charge is 0.289 e. The topological polar surface area (TPSA) is 72.4 Å². The lowest BCUT2D eigenvalue weighted by Gasteiger charge is -2.34. The summed E-state index contributed by atoms with van der Waals surface area (Å²) in [5.74, 6) is -0.465. The van der Waals surface area contributed by atoms with Gasteiger partial charge in [0.1, 0.15) is 18.1 Å². The van der Waals surface area contributed by atoms with E-state index in [2.05, 4.69) is 9.97 Å². The average molecular weight is 269 g/mol. The fourth-order valence-electron chi connectivity index (χ4n) is 2.28. The van der Waals surface area contributed by atoms with E-state index in [0.29, 0.717) is 5.57 Å². The zero-order valence-corrected chi connectivity index (χ0v) is 10.7. The lowest BCUT2D eigenvalue weighted by Crippen LogP contribution is -2.35. The molecule has 0 saturated heterocycles. The number of carbonyl (C=O) groups excluding carboxylic acids is 2. The molecule has 6 nitrogen and oxygen atoms in total. The Labute approximate surface area is 115 Å². The third-order valence-corrected chi connectivity index (χ3v) is 3.18. The Balaban J connectivity index is 2.06. The molecule has 0 spiro atoms. The smallest absolute Gasteiger partial charge is 0.205 e. The van der Waals surface area contributed by atoms with Crippen molar-refractivity contribution in [2.75, 3.05) is 7.11 Å². The zero-order chi connectivity index (χ0) is 14.1. The van der Waals surface area contributed by atoms with Crippen molar-refractivity contribution in [2.45, 2.75) is 6.04 Å². The van der Waals surface area contributed by atoms with Gasteiger partial charge in [0, 0.05) is 18.0 Å². The van der Waals surface area contributed by atoms with Crippen molar-refractivity contribution in [3.8, 4) is 0 Å². The predicted octanol–water partition coefficient (Wildman–Crippen LogP) is 0.913. The van der Waals surface area contributed by atoms with Crippen molar-refractivity contribution >= 4 is 11.6 Å². The summed E-state index contributed by atoms with van der Waals surface area (Å²) in [7, 11) is 1.46. The average Bonchev–Trinajstić information content (AvgIpc) is 2.50. The quantitative estimate of drug-likeness (QED) is 0.743. The van der Waals surface area contributed by atoms with Crippen LogP contribution in [0.4, 0.5) is 0 Å². The highest BCUT2D eigenvalue weighted by atomic mass is 16.7. The maximum absolute atomic E-state index is 12.0. The Hall–Kier alpha value is -2.60. The summed E-state index contributed by atoms with van der Waals surface area (Å²) in [6, 6.07) is -0.344. The standard InChI is InChI=1S/C14H11N3O3/c1-20-17-11(9-6-15-8-16-7-9)3-2-10-12(18)4-5-13(19)14(10)17/h2-8,11H,1H3. The van der Waals surface area contributed by atoms with Gasteiger partial charge in [0.2, 0.25) is 5.78 Å². The van der Waals surface area contributed by atoms with Crippen LogP contribution < -0.4 is 0 Å². The van der Waals surface area contributed by atoms with E-state index in [9.17, 15) is 9.59 Å². The normalized spacial score (nSPS) is 21.4. The number of allylic oxidation sites excluding steroid dienone is 4. The van der Waals surface area contributed by atoms with E-state index in [1.54, 1.807) is 24.5 Å². The number of rotatable bonds is 2. The number of carbonyl (C=O) groups is 2. The number of nitrogens with zero attached hydrogens (tertiary/aromatic N) is 3. The molecule has 2 heterocycles. The first-order chi connectivity index (χ1) is 9.72. The van der Waals surface area contributed by atoms with Gasteiger partial charge in [0.25, 0.3) is 0 Å². The SMILES string of the molecule is CON1C2=C(C=CC1c1cncnc1)C(=O)C=CC2=O. The van der Waals surface area contributed by atoms with Crippen LogP contribution in [0.3, 0.4) is 0 Å². The Kier molecular flexibility index (Phi) is 3.00. The van der Waals surface area contributed by atoms with Crippen LogP contribution in [0.1, 0.15) is 11.6 Å². The van der Waals surface area contributed by atoms with Gasteiger partial charge in [0.15, 0.2) is 5.78 Å². The van der Waals surface area contributed by atoms with Crippen LogP contribution >= 0.6 is 0 Å². The maximum Gasteiger partial charge on any atom is 0.205 e. The molecule has 0 amide bonds. The molecule has 0 aromatic carbocycles. The van der Waals surface area contributed by atoms with E-state index in [-0.39, 0.29) is 23.3 Å². The zero-order valence-electron chi connectivity index (χ0n) is 10.7. The second-order valence-electron chi connectivity index (χ2n) is 4.31. The van der Waals surface area contributed by atoms with Crippen LogP contribution in [0.2, 0.25) is 0 Å². The first kappa shape index (κ1) is 12.4. The summed E-state index contributed by atoms with van der Waals surface area (Å²) in [4.78, 5) is 37.1. The second-order valence-corrected chi connectivity index (χ2v) is 4.31. The molecule has 0 fully saturated rings. The number of hydrogen-bond acceptors (Lipinski definition) is 6. The molecule has 20 heavy (non-hydrogen) atoms. The van der Waals surface area contributed by atoms with E-state index < -0.39 is 0 Å². The summed E-state index contributed by atoms with van der Waals surface area (Å²) >= 11 is 0. The highest BCUT2D eigenvalue weighted by Crippen LogP contribution is 2.33. The maximum atomic E-state index is 12.0. The Morgan fingerprint density at radius 1 is 1.10 bits per heavy atom. The van der Waals surface area contributed by atoms with Gasteiger partial charge in [-0.1, -0.05) is 12.2 Å². The summed E-state index contributed by atoms with van der Waals surface area (Å²) in [5, 5.41) is 1.41. The number of aromatic nitrogens is 2. The molecule has 6 heteroatoms. The molecule has 1 atom stereocenters. The van der Waals surface area contributed by atoms with Crippen LogP contribution in [0.15, 0.2) is 54.3 Å². The van der Waals surface area contributed by atoms with Gasteiger partial charge < -0.3 is 0 Å². The number of ketones is 2. The predicted molar refractivity (Wildman–Crippen MR) is 68.9 cm³/mol. The van der Waals surface area contributed by atoms with Crippen molar-refractivity contribution in [1.82, 2.24) is 15.0 Å². The van der Waals surface area contributed by atoms with E-state index in [4.69, 9.17) is 4.84 Å².